The Hall–Kier alpha value is -2.71. The molecule has 0 saturated carbocycles. The van der Waals surface area contributed by atoms with E-state index in [0.717, 1.165) is 11.4 Å². The number of carbonyl (C=O) groups excluding carboxylic acids is 2. The molecule has 128 valence electrons. The summed E-state index contributed by atoms with van der Waals surface area (Å²) in [5.74, 6) is -0.520. The average Bonchev–Trinajstić information content (AvgIpc) is 3.04. The topological polar surface area (TPSA) is 112 Å². The molecule has 1 unspecified atom stereocenters. The Kier molecular flexibility index (Phi) is 4.08. The number of carbonyl (C=O) groups is 2. The molecule has 3 heterocycles. The minimum atomic E-state index is -0.604. The first-order valence-electron chi connectivity index (χ1n) is 7.87. The quantitative estimate of drug-likeness (QED) is 0.842. The lowest BCUT2D eigenvalue weighted by Gasteiger charge is -2.39. The van der Waals surface area contributed by atoms with E-state index in [1.54, 1.807) is 9.58 Å². The van der Waals surface area contributed by atoms with E-state index in [9.17, 15) is 9.59 Å². The second-order valence-electron chi connectivity index (χ2n) is 6.33. The van der Waals surface area contributed by atoms with Gasteiger partial charge in [-0.1, -0.05) is 5.21 Å². The van der Waals surface area contributed by atoms with Crippen LogP contribution in [0.15, 0.2) is 12.3 Å². The zero-order valence-corrected chi connectivity index (χ0v) is 14.0. The van der Waals surface area contributed by atoms with Crippen molar-refractivity contribution in [1.29, 1.82) is 0 Å². The van der Waals surface area contributed by atoms with Crippen LogP contribution in [0.25, 0.3) is 0 Å². The van der Waals surface area contributed by atoms with Gasteiger partial charge in [-0.05, 0) is 26.8 Å². The molecule has 2 N–H and O–H groups in total. The van der Waals surface area contributed by atoms with Crippen molar-refractivity contribution in [3.05, 3.63) is 29.3 Å². The lowest BCUT2D eigenvalue weighted by molar-refractivity contribution is -0.138. The highest BCUT2D eigenvalue weighted by Gasteiger charge is 2.33. The molecule has 0 spiro atoms. The van der Waals surface area contributed by atoms with Crippen molar-refractivity contribution in [1.82, 2.24) is 29.7 Å². The number of amides is 2. The Balaban J connectivity index is 1.54. The van der Waals surface area contributed by atoms with Gasteiger partial charge in [-0.25, -0.2) is 4.68 Å². The Morgan fingerprint density at radius 1 is 1.38 bits per heavy atom. The fourth-order valence-electron chi connectivity index (χ4n) is 2.95. The third-order valence-corrected chi connectivity index (χ3v) is 4.28. The van der Waals surface area contributed by atoms with E-state index >= 15 is 0 Å². The van der Waals surface area contributed by atoms with E-state index in [1.807, 2.05) is 31.5 Å². The number of aromatic nitrogens is 5. The maximum absolute atomic E-state index is 12.4. The molecule has 0 aromatic carbocycles. The van der Waals surface area contributed by atoms with E-state index in [1.165, 1.54) is 6.20 Å². The van der Waals surface area contributed by atoms with Crippen molar-refractivity contribution in [3.63, 3.8) is 0 Å². The predicted molar refractivity (Wildman–Crippen MR) is 85.2 cm³/mol. The van der Waals surface area contributed by atoms with Crippen LogP contribution in [0.3, 0.4) is 0 Å². The molecule has 3 rings (SSSR count). The molecule has 2 aromatic heterocycles. The van der Waals surface area contributed by atoms with Crippen LogP contribution in [0.1, 0.15) is 47.3 Å². The highest BCUT2D eigenvalue weighted by Crippen LogP contribution is 2.23. The zero-order valence-electron chi connectivity index (χ0n) is 14.0. The normalized spacial score (nSPS) is 16.0. The van der Waals surface area contributed by atoms with Gasteiger partial charge in [0.2, 0.25) is 5.91 Å². The van der Waals surface area contributed by atoms with Gasteiger partial charge in [0.15, 0.2) is 5.69 Å². The molecular weight excluding hydrogens is 310 g/mol. The molecule has 0 aliphatic carbocycles. The smallest absolute Gasteiger partial charge is 0.270 e. The maximum Gasteiger partial charge on any atom is 0.270 e. The Bertz CT molecular complexity index is 773. The van der Waals surface area contributed by atoms with Gasteiger partial charge in [0.05, 0.1) is 24.0 Å². The number of primary amides is 1. The molecule has 0 radical (unpaired) electrons. The molecule has 1 atom stereocenters. The standard InChI is InChI=1S/C15H21N7O2/c1-9-4-10(2)22(18-9)11(3)5-14(23)20-6-12(7-20)21-8-13(15(16)24)17-19-21/h4,8,11-12H,5-7H2,1-3H3,(H2,16,24). The second-order valence-corrected chi connectivity index (χ2v) is 6.33. The second kappa shape index (κ2) is 6.06. The van der Waals surface area contributed by atoms with Gasteiger partial charge in [-0.3, -0.25) is 14.3 Å². The lowest BCUT2D eigenvalue weighted by atomic mass is 10.1. The molecule has 0 bridgehead atoms. The largest absolute Gasteiger partial charge is 0.364 e. The Labute approximate surface area is 139 Å². The molecule has 9 heteroatoms. The van der Waals surface area contributed by atoms with Gasteiger partial charge in [0.25, 0.3) is 5.91 Å². The van der Waals surface area contributed by atoms with Crippen LogP contribution >= 0.6 is 0 Å². The molecular formula is C15H21N7O2. The van der Waals surface area contributed by atoms with Crippen molar-refractivity contribution in [2.45, 2.75) is 39.3 Å². The van der Waals surface area contributed by atoms with Crippen LogP contribution in [0.4, 0.5) is 0 Å². The highest BCUT2D eigenvalue weighted by molar-refractivity contribution is 5.90. The summed E-state index contributed by atoms with van der Waals surface area (Å²) in [7, 11) is 0. The number of nitrogens with zero attached hydrogens (tertiary/aromatic N) is 6. The van der Waals surface area contributed by atoms with Gasteiger partial charge in [0.1, 0.15) is 0 Å². The number of aryl methyl sites for hydroxylation is 2. The van der Waals surface area contributed by atoms with Crippen LogP contribution in [-0.4, -0.2) is 54.6 Å². The summed E-state index contributed by atoms with van der Waals surface area (Å²) in [6.45, 7) is 7.04. The number of hydrogen-bond donors (Lipinski definition) is 1. The number of nitrogens with two attached hydrogens (primary N) is 1. The lowest BCUT2D eigenvalue weighted by Crippen LogP contribution is -2.51. The summed E-state index contributed by atoms with van der Waals surface area (Å²) < 4.78 is 3.48. The van der Waals surface area contributed by atoms with Gasteiger partial charge < -0.3 is 10.6 Å². The van der Waals surface area contributed by atoms with Gasteiger partial charge in [-0.2, -0.15) is 5.10 Å². The van der Waals surface area contributed by atoms with Crippen LogP contribution in [0.5, 0.6) is 0 Å². The third-order valence-electron chi connectivity index (χ3n) is 4.28. The van der Waals surface area contributed by atoms with E-state index < -0.39 is 5.91 Å². The van der Waals surface area contributed by atoms with E-state index in [0.29, 0.717) is 19.5 Å². The summed E-state index contributed by atoms with van der Waals surface area (Å²) in [4.78, 5) is 25.2. The molecule has 2 amide bonds. The Morgan fingerprint density at radius 2 is 2.08 bits per heavy atom. The maximum atomic E-state index is 12.4. The van der Waals surface area contributed by atoms with Crippen molar-refractivity contribution < 1.29 is 9.59 Å². The molecule has 9 nitrogen and oxygen atoms in total. The number of likely N-dealkylation sites (tertiary alicyclic amines) is 1. The molecule has 1 fully saturated rings. The summed E-state index contributed by atoms with van der Waals surface area (Å²) in [5, 5.41) is 12.0. The molecule has 1 aliphatic rings. The van der Waals surface area contributed by atoms with Crippen molar-refractivity contribution in [2.75, 3.05) is 13.1 Å². The minimum absolute atomic E-state index is 0.0121. The average molecular weight is 331 g/mol. The third kappa shape index (κ3) is 3.01. The molecule has 1 saturated heterocycles. The SMILES string of the molecule is Cc1cc(C)n(C(C)CC(=O)N2CC(n3cc(C(N)=O)nn3)C2)n1. The fourth-order valence-corrected chi connectivity index (χ4v) is 2.95. The van der Waals surface area contributed by atoms with Crippen LogP contribution in [-0.2, 0) is 4.79 Å². The van der Waals surface area contributed by atoms with E-state index in [-0.39, 0.29) is 23.7 Å². The Morgan fingerprint density at radius 3 is 2.62 bits per heavy atom. The fraction of sp³-hybridized carbons (Fsp3) is 0.533. The summed E-state index contributed by atoms with van der Waals surface area (Å²) >= 11 is 0. The summed E-state index contributed by atoms with van der Waals surface area (Å²) in [5.41, 5.74) is 7.30. The first kappa shape index (κ1) is 16.2. The van der Waals surface area contributed by atoms with Crippen LogP contribution in [0.2, 0.25) is 0 Å². The summed E-state index contributed by atoms with van der Waals surface area (Å²) in [6.07, 6.45) is 1.92. The number of rotatable bonds is 5. The monoisotopic (exact) mass is 331 g/mol. The van der Waals surface area contributed by atoms with Crippen molar-refractivity contribution in [3.8, 4) is 0 Å². The van der Waals surface area contributed by atoms with Crippen molar-refractivity contribution in [2.24, 2.45) is 5.73 Å². The van der Waals surface area contributed by atoms with E-state index in [4.69, 9.17) is 5.73 Å². The minimum Gasteiger partial charge on any atom is -0.364 e. The molecule has 24 heavy (non-hydrogen) atoms. The van der Waals surface area contributed by atoms with Gasteiger partial charge >= 0.3 is 0 Å². The van der Waals surface area contributed by atoms with Crippen LogP contribution < -0.4 is 5.73 Å². The summed E-state index contributed by atoms with van der Waals surface area (Å²) in [6, 6.07) is 2.05. The van der Waals surface area contributed by atoms with Gasteiger partial charge in [0, 0.05) is 25.2 Å². The predicted octanol–water partition coefficient (Wildman–Crippen LogP) is 0.225. The first-order chi connectivity index (χ1) is 11.3. The first-order valence-corrected chi connectivity index (χ1v) is 7.87. The van der Waals surface area contributed by atoms with Gasteiger partial charge in [-0.15, -0.1) is 5.10 Å². The zero-order chi connectivity index (χ0) is 17.4. The highest BCUT2D eigenvalue weighted by atomic mass is 16.2. The molecule has 2 aromatic rings. The van der Waals surface area contributed by atoms with E-state index in [2.05, 4.69) is 15.4 Å². The number of hydrogen-bond acceptors (Lipinski definition) is 5. The van der Waals surface area contributed by atoms with Crippen molar-refractivity contribution >= 4 is 11.8 Å². The van der Waals surface area contributed by atoms with Crippen LogP contribution in [0, 0.1) is 13.8 Å². The molecule has 1 aliphatic heterocycles.